The SMILES string of the molecule is NCC(N)OS(=O)(=O)O. The maximum atomic E-state index is 9.80. The summed E-state index contributed by atoms with van der Waals surface area (Å²) in [5.41, 5.74) is 9.73. The average Bonchev–Trinajstić information content (AvgIpc) is 1.62. The van der Waals surface area contributed by atoms with Crippen LogP contribution in [0.5, 0.6) is 0 Å². The van der Waals surface area contributed by atoms with Crippen LogP contribution in [0.4, 0.5) is 0 Å². The van der Waals surface area contributed by atoms with E-state index in [0.29, 0.717) is 0 Å². The van der Waals surface area contributed by atoms with Crippen molar-refractivity contribution in [3.63, 3.8) is 0 Å². The lowest BCUT2D eigenvalue weighted by atomic mass is 10.6. The standard InChI is InChI=1S/C2H8N2O4S/c3-1-2(4)8-9(5,6)7/h2H,1,3-4H2,(H,5,6,7). The zero-order valence-electron chi connectivity index (χ0n) is 4.52. The van der Waals surface area contributed by atoms with Gasteiger partial charge in [-0.1, -0.05) is 0 Å². The van der Waals surface area contributed by atoms with Gasteiger partial charge >= 0.3 is 10.4 Å². The molecule has 56 valence electrons. The molecule has 0 fully saturated rings. The third-order valence-electron chi connectivity index (χ3n) is 0.478. The first-order valence-corrected chi connectivity index (χ1v) is 3.43. The van der Waals surface area contributed by atoms with Crippen LogP contribution >= 0.6 is 0 Å². The first kappa shape index (κ1) is 8.79. The predicted octanol–water partition coefficient (Wildman–Crippen LogP) is -1.95. The van der Waals surface area contributed by atoms with E-state index in [1.54, 1.807) is 0 Å². The smallest absolute Gasteiger partial charge is 0.327 e. The Hall–Kier alpha value is -0.210. The molecule has 0 aromatic heterocycles. The summed E-state index contributed by atoms with van der Waals surface area (Å²) in [5, 5.41) is 0. The van der Waals surface area contributed by atoms with Gasteiger partial charge in [0, 0.05) is 6.54 Å². The van der Waals surface area contributed by atoms with E-state index in [0.717, 1.165) is 0 Å². The highest BCUT2D eigenvalue weighted by Crippen LogP contribution is 1.87. The minimum absolute atomic E-state index is 0.167. The van der Waals surface area contributed by atoms with Gasteiger partial charge in [0.1, 0.15) is 6.23 Å². The Morgan fingerprint density at radius 2 is 2.11 bits per heavy atom. The van der Waals surface area contributed by atoms with Crippen molar-refractivity contribution in [2.75, 3.05) is 6.54 Å². The molecule has 0 aliphatic rings. The van der Waals surface area contributed by atoms with E-state index in [4.69, 9.17) is 16.0 Å². The fourth-order valence-corrected chi connectivity index (χ4v) is 0.586. The first-order chi connectivity index (χ1) is 3.95. The summed E-state index contributed by atoms with van der Waals surface area (Å²) < 4.78 is 31.3. The molecule has 1 unspecified atom stereocenters. The molecule has 0 aromatic carbocycles. The van der Waals surface area contributed by atoms with E-state index in [1.165, 1.54) is 0 Å². The number of hydrogen-bond acceptors (Lipinski definition) is 5. The Morgan fingerprint density at radius 3 is 2.22 bits per heavy atom. The van der Waals surface area contributed by atoms with Crippen LogP contribution in [-0.4, -0.2) is 25.7 Å². The number of hydrogen-bond donors (Lipinski definition) is 3. The van der Waals surface area contributed by atoms with Gasteiger partial charge < -0.3 is 11.5 Å². The zero-order chi connectivity index (χ0) is 7.49. The van der Waals surface area contributed by atoms with E-state index in [9.17, 15) is 8.42 Å². The van der Waals surface area contributed by atoms with Crippen LogP contribution in [0, 0.1) is 0 Å². The molecule has 0 aliphatic carbocycles. The monoisotopic (exact) mass is 156 g/mol. The van der Waals surface area contributed by atoms with Gasteiger partial charge in [-0.05, 0) is 0 Å². The van der Waals surface area contributed by atoms with Gasteiger partial charge in [-0.2, -0.15) is 8.42 Å². The molecule has 5 N–H and O–H groups in total. The van der Waals surface area contributed by atoms with E-state index < -0.39 is 16.6 Å². The molecule has 0 amide bonds. The Balaban J connectivity index is 3.75. The van der Waals surface area contributed by atoms with Gasteiger partial charge in [-0.15, -0.1) is 0 Å². The molecule has 6 nitrogen and oxygen atoms in total. The zero-order valence-corrected chi connectivity index (χ0v) is 5.34. The summed E-state index contributed by atoms with van der Waals surface area (Å²) in [6.07, 6.45) is -1.17. The fourth-order valence-electron chi connectivity index (χ4n) is 0.195. The molecular formula is C2H8N2O4S. The summed E-state index contributed by atoms with van der Waals surface area (Å²) in [6.45, 7) is -0.167. The molecule has 0 bridgehead atoms. The largest absolute Gasteiger partial charge is 0.398 e. The van der Waals surface area contributed by atoms with Gasteiger partial charge in [-0.25, -0.2) is 4.18 Å². The van der Waals surface area contributed by atoms with Crippen LogP contribution in [0.15, 0.2) is 0 Å². The molecule has 0 radical (unpaired) electrons. The number of rotatable bonds is 3. The molecule has 0 heterocycles. The molecule has 0 aromatic rings. The fraction of sp³-hybridized carbons (Fsp3) is 1.00. The van der Waals surface area contributed by atoms with Gasteiger partial charge in [-0.3, -0.25) is 4.55 Å². The summed E-state index contributed by atoms with van der Waals surface area (Å²) in [6, 6.07) is 0. The number of nitrogens with two attached hydrogens (primary N) is 2. The van der Waals surface area contributed by atoms with Crippen molar-refractivity contribution in [3.05, 3.63) is 0 Å². The molecule has 0 spiro atoms. The maximum Gasteiger partial charge on any atom is 0.398 e. The quantitative estimate of drug-likeness (QED) is 0.323. The highest BCUT2D eigenvalue weighted by molar-refractivity contribution is 7.80. The van der Waals surface area contributed by atoms with E-state index in [2.05, 4.69) is 4.18 Å². The predicted molar refractivity (Wildman–Crippen MR) is 29.7 cm³/mol. The summed E-state index contributed by atoms with van der Waals surface area (Å²) in [5.74, 6) is 0. The summed E-state index contributed by atoms with van der Waals surface area (Å²) in [7, 11) is -4.44. The molecule has 0 aliphatic heterocycles. The minimum atomic E-state index is -4.44. The first-order valence-electron chi connectivity index (χ1n) is 2.07. The van der Waals surface area contributed by atoms with E-state index in [-0.39, 0.29) is 6.54 Å². The van der Waals surface area contributed by atoms with Crippen LogP contribution in [0.3, 0.4) is 0 Å². The lowest BCUT2D eigenvalue weighted by Crippen LogP contribution is -2.34. The Labute approximate surface area is 52.7 Å². The van der Waals surface area contributed by atoms with Crippen molar-refractivity contribution in [2.45, 2.75) is 6.23 Å². The van der Waals surface area contributed by atoms with Crippen molar-refractivity contribution < 1.29 is 17.2 Å². The molecule has 9 heavy (non-hydrogen) atoms. The topological polar surface area (TPSA) is 116 Å². The normalized spacial score (nSPS) is 15.4. The van der Waals surface area contributed by atoms with Crippen LogP contribution in [0.2, 0.25) is 0 Å². The van der Waals surface area contributed by atoms with Gasteiger partial charge in [0.2, 0.25) is 0 Å². The van der Waals surface area contributed by atoms with E-state index >= 15 is 0 Å². The molecule has 0 rings (SSSR count). The summed E-state index contributed by atoms with van der Waals surface area (Å²) in [4.78, 5) is 0. The second-order valence-corrected chi connectivity index (χ2v) is 2.35. The van der Waals surface area contributed by atoms with Crippen molar-refractivity contribution in [3.8, 4) is 0 Å². The Bertz CT molecular complexity index is 163. The molecular weight excluding hydrogens is 148 g/mol. The van der Waals surface area contributed by atoms with Crippen molar-refractivity contribution >= 4 is 10.4 Å². The molecule has 0 saturated heterocycles. The van der Waals surface area contributed by atoms with Gasteiger partial charge in [0.05, 0.1) is 0 Å². The van der Waals surface area contributed by atoms with Crippen molar-refractivity contribution in [2.24, 2.45) is 11.5 Å². The van der Waals surface area contributed by atoms with Crippen LogP contribution < -0.4 is 11.5 Å². The molecule has 1 atom stereocenters. The lowest BCUT2D eigenvalue weighted by molar-refractivity contribution is 0.194. The Morgan fingerprint density at radius 1 is 1.67 bits per heavy atom. The van der Waals surface area contributed by atoms with Crippen LogP contribution in [0.25, 0.3) is 0 Å². The minimum Gasteiger partial charge on any atom is -0.327 e. The molecule has 7 heteroatoms. The highest BCUT2D eigenvalue weighted by Gasteiger charge is 2.09. The second-order valence-electron chi connectivity index (χ2n) is 1.30. The van der Waals surface area contributed by atoms with Crippen LogP contribution in [-0.2, 0) is 14.6 Å². The van der Waals surface area contributed by atoms with Crippen LogP contribution in [0.1, 0.15) is 0 Å². The van der Waals surface area contributed by atoms with Crippen molar-refractivity contribution in [1.29, 1.82) is 0 Å². The third-order valence-corrected chi connectivity index (χ3v) is 0.968. The second kappa shape index (κ2) is 3.08. The maximum absolute atomic E-state index is 9.80. The van der Waals surface area contributed by atoms with Gasteiger partial charge in [0.25, 0.3) is 0 Å². The Kier molecular flexibility index (Phi) is 3.01. The van der Waals surface area contributed by atoms with E-state index in [1.807, 2.05) is 0 Å². The third kappa shape index (κ3) is 5.66. The van der Waals surface area contributed by atoms with Gasteiger partial charge in [0.15, 0.2) is 0 Å². The highest BCUT2D eigenvalue weighted by atomic mass is 32.3. The van der Waals surface area contributed by atoms with Crippen molar-refractivity contribution in [1.82, 2.24) is 0 Å². The lowest BCUT2D eigenvalue weighted by Gasteiger charge is -2.04. The average molecular weight is 156 g/mol. The summed E-state index contributed by atoms with van der Waals surface area (Å²) >= 11 is 0. The molecule has 0 saturated carbocycles.